The minimum Gasteiger partial charge on any atom is -0.396 e. The fourth-order valence-corrected chi connectivity index (χ4v) is 3.38. The summed E-state index contributed by atoms with van der Waals surface area (Å²) in [5.41, 5.74) is 0.368. The van der Waals surface area contributed by atoms with Gasteiger partial charge in [-0.1, -0.05) is 6.92 Å². The van der Waals surface area contributed by atoms with E-state index >= 15 is 0 Å². The molecule has 0 aliphatic heterocycles. The van der Waals surface area contributed by atoms with Crippen LogP contribution in [0.15, 0.2) is 24.5 Å². The topological polar surface area (TPSA) is 79.3 Å². The van der Waals surface area contributed by atoms with Crippen LogP contribution in [-0.4, -0.2) is 36.4 Å². The van der Waals surface area contributed by atoms with E-state index in [9.17, 15) is 8.42 Å². The summed E-state index contributed by atoms with van der Waals surface area (Å²) in [6.45, 7) is 3.69. The number of aliphatic hydroxyl groups is 1. The molecule has 2 N–H and O–H groups in total. The molecule has 6 heteroatoms. The molecule has 0 saturated carbocycles. The number of hydrogen-bond donors (Lipinski definition) is 2. The third-order valence-electron chi connectivity index (χ3n) is 3.25. The molecular formula is C13H22N2O3S. The molecule has 0 bridgehead atoms. The Bertz CT molecular complexity index is 476. The van der Waals surface area contributed by atoms with Crippen molar-refractivity contribution in [3.63, 3.8) is 0 Å². The first-order valence-electron chi connectivity index (χ1n) is 6.42. The van der Waals surface area contributed by atoms with Crippen LogP contribution in [0.3, 0.4) is 0 Å². The van der Waals surface area contributed by atoms with Gasteiger partial charge < -0.3 is 5.11 Å². The predicted molar refractivity (Wildman–Crippen MR) is 75.3 cm³/mol. The van der Waals surface area contributed by atoms with Crippen molar-refractivity contribution in [1.82, 2.24) is 9.71 Å². The number of hydrogen-bond acceptors (Lipinski definition) is 4. The summed E-state index contributed by atoms with van der Waals surface area (Å²) in [4.78, 5) is 3.89. The van der Waals surface area contributed by atoms with Crippen LogP contribution in [0.1, 0.15) is 32.3 Å². The van der Waals surface area contributed by atoms with Crippen molar-refractivity contribution in [1.29, 1.82) is 0 Å². The number of nitrogens with one attached hydrogen (secondary N) is 1. The van der Waals surface area contributed by atoms with Gasteiger partial charge in [0.2, 0.25) is 10.0 Å². The van der Waals surface area contributed by atoms with Crippen molar-refractivity contribution >= 4 is 10.0 Å². The van der Waals surface area contributed by atoms with E-state index < -0.39 is 15.6 Å². The Morgan fingerprint density at radius 2 is 2.00 bits per heavy atom. The van der Waals surface area contributed by atoms with Crippen molar-refractivity contribution in [3.05, 3.63) is 30.1 Å². The van der Waals surface area contributed by atoms with E-state index in [0.717, 1.165) is 5.56 Å². The van der Waals surface area contributed by atoms with E-state index in [2.05, 4.69) is 9.71 Å². The van der Waals surface area contributed by atoms with Crippen molar-refractivity contribution in [2.75, 3.05) is 12.4 Å². The highest BCUT2D eigenvalue weighted by atomic mass is 32.2. The summed E-state index contributed by atoms with van der Waals surface area (Å²) in [5.74, 6) is 0.0397. The maximum Gasteiger partial charge on any atom is 0.212 e. The predicted octanol–water partition coefficient (Wildman–Crippen LogP) is 1.09. The lowest BCUT2D eigenvalue weighted by atomic mass is 9.97. The summed E-state index contributed by atoms with van der Waals surface area (Å²) in [7, 11) is -3.35. The number of pyridine rings is 1. The van der Waals surface area contributed by atoms with Crippen molar-refractivity contribution in [3.8, 4) is 0 Å². The Balaban J connectivity index is 2.61. The van der Waals surface area contributed by atoms with Crippen LogP contribution in [0.5, 0.6) is 0 Å². The third-order valence-corrected chi connectivity index (χ3v) is 4.80. The normalized spacial score (nSPS) is 15.1. The van der Waals surface area contributed by atoms with Gasteiger partial charge in [0.05, 0.1) is 5.75 Å². The van der Waals surface area contributed by atoms with Gasteiger partial charge in [-0.2, -0.15) is 0 Å². The smallest absolute Gasteiger partial charge is 0.212 e. The fraction of sp³-hybridized carbons (Fsp3) is 0.615. The van der Waals surface area contributed by atoms with Crippen LogP contribution in [0.2, 0.25) is 0 Å². The molecule has 0 amide bonds. The Labute approximate surface area is 115 Å². The molecule has 0 radical (unpaired) electrons. The Kier molecular flexibility index (Phi) is 5.90. The van der Waals surface area contributed by atoms with Gasteiger partial charge in [-0.25, -0.2) is 13.1 Å². The van der Waals surface area contributed by atoms with Gasteiger partial charge in [0.25, 0.3) is 0 Å². The second-order valence-corrected chi connectivity index (χ2v) is 6.76. The quantitative estimate of drug-likeness (QED) is 0.750. The molecule has 0 spiro atoms. The van der Waals surface area contributed by atoms with Crippen molar-refractivity contribution in [2.45, 2.75) is 38.6 Å². The van der Waals surface area contributed by atoms with E-state index in [1.54, 1.807) is 12.4 Å². The summed E-state index contributed by atoms with van der Waals surface area (Å²) in [6.07, 6.45) is 4.81. The number of rotatable bonds is 8. The summed E-state index contributed by atoms with van der Waals surface area (Å²) < 4.78 is 26.8. The van der Waals surface area contributed by atoms with Crippen LogP contribution < -0.4 is 4.72 Å². The summed E-state index contributed by atoms with van der Waals surface area (Å²) in [5, 5.41) is 9.00. The molecule has 0 aromatic carbocycles. The van der Waals surface area contributed by atoms with Crippen LogP contribution in [0.25, 0.3) is 0 Å². The Morgan fingerprint density at radius 3 is 2.53 bits per heavy atom. The number of sulfonamides is 1. The van der Waals surface area contributed by atoms with Crippen LogP contribution in [0, 0.1) is 0 Å². The first kappa shape index (κ1) is 16.1. The molecule has 1 rings (SSSR count). The number of aryl methyl sites for hydroxylation is 1. The van der Waals surface area contributed by atoms with Gasteiger partial charge in [-0.15, -0.1) is 0 Å². The van der Waals surface area contributed by atoms with E-state index in [1.165, 1.54) is 0 Å². The molecule has 0 aliphatic rings. The SMILES string of the molecule is CCC(C)(CCO)NS(=O)(=O)CCc1ccncc1. The standard InChI is InChI=1S/C13H22N2O3S/c1-3-13(2,7-10-16)15-19(17,18)11-6-12-4-8-14-9-5-12/h4-5,8-9,15-16H,3,6-7,10-11H2,1-2H3. The second kappa shape index (κ2) is 6.98. The van der Waals surface area contributed by atoms with Crippen molar-refractivity contribution in [2.24, 2.45) is 0 Å². The van der Waals surface area contributed by atoms with E-state index in [0.29, 0.717) is 19.3 Å². The zero-order chi connectivity index (χ0) is 14.4. The monoisotopic (exact) mass is 286 g/mol. The lowest BCUT2D eigenvalue weighted by Gasteiger charge is -2.28. The lowest BCUT2D eigenvalue weighted by molar-refractivity contribution is 0.233. The minimum absolute atomic E-state index is 0.0305. The zero-order valence-electron chi connectivity index (χ0n) is 11.5. The first-order chi connectivity index (χ1) is 8.91. The van der Waals surface area contributed by atoms with E-state index in [-0.39, 0.29) is 12.4 Å². The maximum atomic E-state index is 12.0. The van der Waals surface area contributed by atoms with E-state index in [1.807, 2.05) is 26.0 Å². The fourth-order valence-electron chi connectivity index (χ4n) is 1.77. The molecule has 1 atom stereocenters. The molecule has 0 aliphatic carbocycles. The molecule has 108 valence electrons. The highest BCUT2D eigenvalue weighted by Crippen LogP contribution is 2.15. The molecule has 1 heterocycles. The molecule has 5 nitrogen and oxygen atoms in total. The largest absolute Gasteiger partial charge is 0.396 e. The third kappa shape index (κ3) is 5.67. The maximum absolute atomic E-state index is 12.0. The van der Waals surface area contributed by atoms with Gasteiger partial charge in [0, 0.05) is 24.5 Å². The van der Waals surface area contributed by atoms with Crippen LogP contribution in [-0.2, 0) is 16.4 Å². The average Bonchev–Trinajstić information content (AvgIpc) is 2.37. The summed E-state index contributed by atoms with van der Waals surface area (Å²) >= 11 is 0. The zero-order valence-corrected chi connectivity index (χ0v) is 12.3. The minimum atomic E-state index is -3.35. The highest BCUT2D eigenvalue weighted by Gasteiger charge is 2.27. The summed E-state index contributed by atoms with van der Waals surface area (Å²) in [6, 6.07) is 3.62. The molecule has 1 unspecified atom stereocenters. The number of aliphatic hydroxyl groups excluding tert-OH is 1. The van der Waals surface area contributed by atoms with Gasteiger partial charge in [0.15, 0.2) is 0 Å². The number of nitrogens with zero attached hydrogens (tertiary/aromatic N) is 1. The molecule has 0 saturated heterocycles. The first-order valence-corrected chi connectivity index (χ1v) is 8.07. The average molecular weight is 286 g/mol. The molecule has 1 aromatic rings. The Morgan fingerprint density at radius 1 is 1.37 bits per heavy atom. The highest BCUT2D eigenvalue weighted by molar-refractivity contribution is 7.89. The molecular weight excluding hydrogens is 264 g/mol. The van der Waals surface area contributed by atoms with Crippen LogP contribution in [0.4, 0.5) is 0 Å². The molecule has 1 aromatic heterocycles. The molecule has 19 heavy (non-hydrogen) atoms. The van der Waals surface area contributed by atoms with Gasteiger partial charge >= 0.3 is 0 Å². The molecule has 0 fully saturated rings. The van der Waals surface area contributed by atoms with E-state index in [4.69, 9.17) is 5.11 Å². The van der Waals surface area contributed by atoms with Crippen LogP contribution >= 0.6 is 0 Å². The van der Waals surface area contributed by atoms with Gasteiger partial charge in [-0.05, 0) is 43.9 Å². The lowest BCUT2D eigenvalue weighted by Crippen LogP contribution is -2.47. The van der Waals surface area contributed by atoms with Gasteiger partial charge in [-0.3, -0.25) is 4.98 Å². The van der Waals surface area contributed by atoms with Gasteiger partial charge in [0.1, 0.15) is 0 Å². The Hall–Kier alpha value is -0.980. The van der Waals surface area contributed by atoms with Crippen molar-refractivity contribution < 1.29 is 13.5 Å². The second-order valence-electron chi connectivity index (χ2n) is 4.91. The number of aromatic nitrogens is 1.